The number of ketones is 1. The number of rotatable bonds is 2. The first kappa shape index (κ1) is 16.7. The highest BCUT2D eigenvalue weighted by atomic mass is 16.1. The third kappa shape index (κ3) is 2.51. The Morgan fingerprint density at radius 3 is 2.07 bits per heavy atom. The van der Waals surface area contributed by atoms with Crippen molar-refractivity contribution < 1.29 is 4.79 Å². The smallest absolute Gasteiger partial charge is 0.161 e. The van der Waals surface area contributed by atoms with Gasteiger partial charge in [-0.15, -0.1) is 0 Å². The van der Waals surface area contributed by atoms with E-state index < -0.39 is 0 Å². The molecule has 0 saturated carbocycles. The second-order valence-corrected chi connectivity index (χ2v) is 7.46. The van der Waals surface area contributed by atoms with Gasteiger partial charge in [0.05, 0.1) is 0 Å². The van der Waals surface area contributed by atoms with Gasteiger partial charge in [-0.3, -0.25) is 4.79 Å². The average Bonchev–Trinajstić information content (AvgIpc) is 2.72. The lowest BCUT2D eigenvalue weighted by Gasteiger charge is -2.15. The van der Waals surface area contributed by atoms with Crippen LogP contribution in [0.4, 0.5) is 0 Å². The lowest BCUT2D eigenvalue weighted by molar-refractivity contribution is 0.102. The van der Waals surface area contributed by atoms with Crippen LogP contribution in [0, 0.1) is 6.92 Å². The number of aryl methyl sites for hydroxylation is 1. The molecular formula is C27H20O. The fourth-order valence-electron chi connectivity index (χ4n) is 4.31. The molecule has 134 valence electrons. The number of benzene rings is 5. The van der Waals surface area contributed by atoms with Crippen LogP contribution in [0.25, 0.3) is 43.4 Å². The van der Waals surface area contributed by atoms with Gasteiger partial charge in [-0.1, -0.05) is 84.4 Å². The molecule has 0 N–H and O–H groups in total. The minimum atomic E-state index is 0.100. The van der Waals surface area contributed by atoms with Crippen LogP contribution in [0.2, 0.25) is 0 Å². The molecule has 1 nitrogen and oxygen atoms in total. The van der Waals surface area contributed by atoms with E-state index in [-0.39, 0.29) is 5.78 Å². The molecule has 0 saturated heterocycles. The first-order chi connectivity index (χ1) is 13.6. The SMILES string of the molecule is CC(=O)c1c(-c2cc3ccccc3c3ccccc23)ccc2ccc(C)cc12. The van der Waals surface area contributed by atoms with Gasteiger partial charge in [0.1, 0.15) is 0 Å². The highest BCUT2D eigenvalue weighted by Gasteiger charge is 2.16. The molecule has 5 rings (SSSR count). The van der Waals surface area contributed by atoms with Crippen LogP contribution < -0.4 is 0 Å². The summed E-state index contributed by atoms with van der Waals surface area (Å²) >= 11 is 0. The number of hydrogen-bond donors (Lipinski definition) is 0. The third-order valence-electron chi connectivity index (χ3n) is 5.59. The first-order valence-corrected chi connectivity index (χ1v) is 9.58. The molecular weight excluding hydrogens is 340 g/mol. The highest BCUT2D eigenvalue weighted by molar-refractivity contribution is 6.18. The Balaban J connectivity index is 1.96. The van der Waals surface area contributed by atoms with Gasteiger partial charge in [-0.2, -0.15) is 0 Å². The molecule has 0 atom stereocenters. The van der Waals surface area contributed by atoms with Crippen LogP contribution in [0.1, 0.15) is 22.8 Å². The Labute approximate surface area is 164 Å². The number of fused-ring (bicyclic) bond motifs is 4. The maximum absolute atomic E-state index is 12.8. The van der Waals surface area contributed by atoms with Crippen LogP contribution in [0.3, 0.4) is 0 Å². The van der Waals surface area contributed by atoms with E-state index in [4.69, 9.17) is 0 Å². The van der Waals surface area contributed by atoms with Crippen molar-refractivity contribution in [2.75, 3.05) is 0 Å². The van der Waals surface area contributed by atoms with E-state index >= 15 is 0 Å². The van der Waals surface area contributed by atoms with E-state index in [2.05, 4.69) is 91.9 Å². The van der Waals surface area contributed by atoms with Crippen LogP contribution in [-0.4, -0.2) is 5.78 Å². The van der Waals surface area contributed by atoms with Gasteiger partial charge in [0, 0.05) is 5.56 Å². The Morgan fingerprint density at radius 1 is 0.607 bits per heavy atom. The second-order valence-electron chi connectivity index (χ2n) is 7.46. The summed E-state index contributed by atoms with van der Waals surface area (Å²) in [7, 11) is 0. The van der Waals surface area contributed by atoms with Crippen LogP contribution in [0.5, 0.6) is 0 Å². The standard InChI is InChI=1S/C27H20O/c1-17-11-12-19-13-14-24(27(18(2)28)25(19)15-17)26-16-20-7-3-4-8-21(20)22-9-5-6-10-23(22)26/h3-16H,1-2H3. The molecule has 28 heavy (non-hydrogen) atoms. The molecule has 0 aliphatic heterocycles. The Hall–Kier alpha value is -3.45. The molecule has 0 spiro atoms. The van der Waals surface area contributed by atoms with Crippen molar-refractivity contribution in [2.45, 2.75) is 13.8 Å². The van der Waals surface area contributed by atoms with Crippen molar-refractivity contribution in [3.05, 3.63) is 96.1 Å². The molecule has 0 radical (unpaired) electrons. The quantitative estimate of drug-likeness (QED) is 0.238. The second kappa shape index (κ2) is 6.31. The van der Waals surface area contributed by atoms with Gasteiger partial charge in [0.15, 0.2) is 5.78 Å². The number of Topliss-reactive ketones (excluding diaryl/α,β-unsaturated/α-hetero) is 1. The topological polar surface area (TPSA) is 17.1 Å². The molecule has 0 unspecified atom stereocenters. The minimum absolute atomic E-state index is 0.100. The predicted molar refractivity (Wildman–Crippen MR) is 119 cm³/mol. The summed E-state index contributed by atoms with van der Waals surface area (Å²) in [6, 6.07) is 29.7. The summed E-state index contributed by atoms with van der Waals surface area (Å²) in [5.41, 5.74) is 4.09. The van der Waals surface area contributed by atoms with Crippen LogP contribution >= 0.6 is 0 Å². The Morgan fingerprint density at radius 2 is 1.29 bits per heavy atom. The summed E-state index contributed by atoms with van der Waals surface area (Å²) in [6.45, 7) is 3.74. The third-order valence-corrected chi connectivity index (χ3v) is 5.59. The van der Waals surface area contributed by atoms with Gasteiger partial charge < -0.3 is 0 Å². The predicted octanol–water partition coefficient (Wildman–Crippen LogP) is 7.32. The zero-order valence-corrected chi connectivity index (χ0v) is 16.0. The van der Waals surface area contributed by atoms with E-state index in [0.29, 0.717) is 0 Å². The molecule has 0 amide bonds. The van der Waals surface area contributed by atoms with Crippen molar-refractivity contribution in [1.82, 2.24) is 0 Å². The monoisotopic (exact) mass is 360 g/mol. The normalized spacial score (nSPS) is 11.4. The van der Waals surface area contributed by atoms with Crippen molar-refractivity contribution >= 4 is 38.1 Å². The first-order valence-electron chi connectivity index (χ1n) is 9.58. The summed E-state index contributed by atoms with van der Waals surface area (Å²) in [4.78, 5) is 12.8. The number of hydrogen-bond acceptors (Lipinski definition) is 1. The molecule has 1 heteroatoms. The maximum Gasteiger partial charge on any atom is 0.161 e. The minimum Gasteiger partial charge on any atom is -0.294 e. The summed E-state index contributed by atoms with van der Waals surface area (Å²) < 4.78 is 0. The summed E-state index contributed by atoms with van der Waals surface area (Å²) in [5.74, 6) is 0.100. The molecule has 0 fully saturated rings. The van der Waals surface area contributed by atoms with Gasteiger partial charge in [-0.25, -0.2) is 0 Å². The van der Waals surface area contributed by atoms with Crippen LogP contribution in [0.15, 0.2) is 84.9 Å². The van der Waals surface area contributed by atoms with Gasteiger partial charge in [0.25, 0.3) is 0 Å². The van der Waals surface area contributed by atoms with E-state index in [1.807, 2.05) is 0 Å². The molecule has 0 aliphatic rings. The van der Waals surface area contributed by atoms with E-state index in [1.54, 1.807) is 6.92 Å². The van der Waals surface area contributed by atoms with E-state index in [9.17, 15) is 4.79 Å². The molecule has 0 aliphatic carbocycles. The Kier molecular flexibility index (Phi) is 3.77. The lowest BCUT2D eigenvalue weighted by atomic mass is 9.87. The molecule has 0 aromatic heterocycles. The van der Waals surface area contributed by atoms with Crippen molar-refractivity contribution in [3.8, 4) is 11.1 Å². The van der Waals surface area contributed by atoms with Crippen molar-refractivity contribution in [3.63, 3.8) is 0 Å². The maximum atomic E-state index is 12.8. The molecule has 5 aromatic carbocycles. The fraction of sp³-hybridized carbons (Fsp3) is 0.0741. The zero-order chi connectivity index (χ0) is 19.3. The summed E-state index contributed by atoms with van der Waals surface area (Å²) in [5, 5.41) is 6.95. The lowest BCUT2D eigenvalue weighted by Crippen LogP contribution is -1.99. The van der Waals surface area contributed by atoms with Crippen molar-refractivity contribution in [1.29, 1.82) is 0 Å². The van der Waals surface area contributed by atoms with Crippen molar-refractivity contribution in [2.24, 2.45) is 0 Å². The number of carbonyl (C=O) groups is 1. The van der Waals surface area contributed by atoms with Gasteiger partial charge in [-0.05, 0) is 63.4 Å². The highest BCUT2D eigenvalue weighted by Crippen LogP contribution is 2.38. The molecule has 0 bridgehead atoms. The average molecular weight is 360 g/mol. The van der Waals surface area contributed by atoms with Gasteiger partial charge in [0.2, 0.25) is 0 Å². The fourth-order valence-corrected chi connectivity index (χ4v) is 4.31. The van der Waals surface area contributed by atoms with E-state index in [1.165, 1.54) is 21.5 Å². The molecule has 5 aromatic rings. The largest absolute Gasteiger partial charge is 0.294 e. The Bertz CT molecular complexity index is 1390. The zero-order valence-electron chi connectivity index (χ0n) is 16.0. The number of carbonyl (C=O) groups excluding carboxylic acids is 1. The van der Waals surface area contributed by atoms with Crippen LogP contribution in [-0.2, 0) is 0 Å². The van der Waals surface area contributed by atoms with Gasteiger partial charge >= 0.3 is 0 Å². The summed E-state index contributed by atoms with van der Waals surface area (Å²) in [6.07, 6.45) is 0. The van der Waals surface area contributed by atoms with E-state index in [0.717, 1.165) is 33.0 Å². The molecule has 0 heterocycles.